The van der Waals surface area contributed by atoms with Gasteiger partial charge in [0, 0.05) is 13.7 Å². The van der Waals surface area contributed by atoms with E-state index >= 15 is 0 Å². The molecule has 1 N–H and O–H groups in total. The zero-order valence-electron chi connectivity index (χ0n) is 17.0. The summed E-state index contributed by atoms with van der Waals surface area (Å²) in [6.07, 6.45) is -2.95. The average Bonchev–Trinajstić information content (AvgIpc) is 3.00. The van der Waals surface area contributed by atoms with Gasteiger partial charge in [0.1, 0.15) is 6.61 Å². The van der Waals surface area contributed by atoms with Crippen LogP contribution in [0.5, 0.6) is 0 Å². The van der Waals surface area contributed by atoms with Gasteiger partial charge in [-0.1, -0.05) is 60.7 Å². The molecule has 164 valence electrons. The van der Waals surface area contributed by atoms with Gasteiger partial charge >= 0.3 is 18.2 Å². The molecule has 0 unspecified atom stereocenters. The predicted molar refractivity (Wildman–Crippen MR) is 109 cm³/mol. The molecular weight excluding hydrogens is 404 g/mol. The molecule has 0 aliphatic carbocycles. The number of amides is 2. The summed E-state index contributed by atoms with van der Waals surface area (Å²) in [6.45, 7) is 0.306. The Hall–Kier alpha value is -3.59. The SMILES string of the molecule is COCCOC(=O)[C@H]1[C@@H](OC(=O)O)N(Cc2ccccc2)C(=O)N1Cc1ccccc1. The van der Waals surface area contributed by atoms with Crippen molar-refractivity contribution in [2.45, 2.75) is 25.4 Å². The fraction of sp³-hybridized carbons (Fsp3) is 0.318. The van der Waals surface area contributed by atoms with Crippen LogP contribution in [0, 0.1) is 0 Å². The molecule has 0 bridgehead atoms. The number of urea groups is 1. The van der Waals surface area contributed by atoms with E-state index in [1.165, 1.54) is 16.9 Å². The number of methoxy groups -OCH3 is 1. The highest BCUT2D eigenvalue weighted by atomic mass is 16.7. The summed E-state index contributed by atoms with van der Waals surface area (Å²) in [7, 11) is 1.46. The lowest BCUT2D eigenvalue weighted by molar-refractivity contribution is -0.155. The van der Waals surface area contributed by atoms with Gasteiger partial charge in [-0.15, -0.1) is 0 Å². The first-order valence-electron chi connectivity index (χ1n) is 9.71. The van der Waals surface area contributed by atoms with Crippen molar-refractivity contribution >= 4 is 18.2 Å². The predicted octanol–water partition coefficient (Wildman–Crippen LogP) is 2.70. The molecule has 0 aromatic heterocycles. The third kappa shape index (κ3) is 5.52. The minimum Gasteiger partial charge on any atom is -0.462 e. The number of rotatable bonds is 9. The summed E-state index contributed by atoms with van der Waals surface area (Å²) in [4.78, 5) is 40.1. The maximum absolute atomic E-state index is 13.3. The van der Waals surface area contributed by atoms with E-state index in [2.05, 4.69) is 0 Å². The third-order valence-corrected chi connectivity index (χ3v) is 4.79. The lowest BCUT2D eigenvalue weighted by Crippen LogP contribution is -2.46. The van der Waals surface area contributed by atoms with Gasteiger partial charge in [0.15, 0.2) is 6.04 Å². The lowest BCUT2D eigenvalue weighted by atomic mass is 10.1. The van der Waals surface area contributed by atoms with Gasteiger partial charge in [-0.05, 0) is 11.1 Å². The van der Waals surface area contributed by atoms with Crippen LogP contribution in [0.2, 0.25) is 0 Å². The van der Waals surface area contributed by atoms with Crippen molar-refractivity contribution in [2.75, 3.05) is 20.3 Å². The van der Waals surface area contributed by atoms with E-state index in [4.69, 9.17) is 14.2 Å². The van der Waals surface area contributed by atoms with E-state index in [0.29, 0.717) is 0 Å². The van der Waals surface area contributed by atoms with Gasteiger partial charge in [0.25, 0.3) is 0 Å². The van der Waals surface area contributed by atoms with Crippen LogP contribution in [-0.4, -0.2) is 65.7 Å². The zero-order chi connectivity index (χ0) is 22.2. The minimum absolute atomic E-state index is 0.0301. The van der Waals surface area contributed by atoms with Gasteiger partial charge in [-0.3, -0.25) is 4.90 Å². The molecule has 1 fully saturated rings. The fourth-order valence-corrected chi connectivity index (χ4v) is 3.39. The Balaban J connectivity index is 1.93. The maximum Gasteiger partial charge on any atom is 0.507 e. The van der Waals surface area contributed by atoms with Crippen LogP contribution in [0.1, 0.15) is 11.1 Å². The van der Waals surface area contributed by atoms with Crippen molar-refractivity contribution in [3.8, 4) is 0 Å². The van der Waals surface area contributed by atoms with Gasteiger partial charge in [0.2, 0.25) is 6.23 Å². The number of benzene rings is 2. The molecule has 2 aromatic carbocycles. The molecule has 1 saturated heterocycles. The van der Waals surface area contributed by atoms with Crippen LogP contribution in [0.15, 0.2) is 60.7 Å². The quantitative estimate of drug-likeness (QED) is 0.484. The van der Waals surface area contributed by atoms with E-state index in [-0.39, 0.29) is 26.3 Å². The first-order valence-corrected chi connectivity index (χ1v) is 9.71. The number of esters is 1. The number of carbonyl (C=O) groups excluding carboxylic acids is 2. The summed E-state index contributed by atoms with van der Waals surface area (Å²) < 4.78 is 15.2. The summed E-state index contributed by atoms with van der Waals surface area (Å²) in [6, 6.07) is 16.4. The summed E-state index contributed by atoms with van der Waals surface area (Å²) in [5.74, 6) is -0.761. The summed E-state index contributed by atoms with van der Waals surface area (Å²) in [5.41, 5.74) is 1.55. The topological polar surface area (TPSA) is 106 Å². The second kappa shape index (κ2) is 10.4. The fourth-order valence-electron chi connectivity index (χ4n) is 3.39. The second-order valence-electron chi connectivity index (χ2n) is 6.89. The Bertz CT molecular complexity index is 891. The van der Waals surface area contributed by atoms with Gasteiger partial charge in [-0.25, -0.2) is 14.4 Å². The molecule has 2 aromatic rings. The van der Waals surface area contributed by atoms with E-state index in [9.17, 15) is 19.5 Å². The molecule has 1 aliphatic rings. The standard InChI is InChI=1S/C22H24N2O7/c1-29-12-13-30-20(25)18-19(31-22(27)28)24(15-17-10-6-3-7-11-17)21(26)23(18)14-16-8-4-2-5-9-16/h2-11,18-19H,12-15H2,1H3,(H,27,28)/t18-,19-/m1/s1. The Labute approximate surface area is 179 Å². The summed E-state index contributed by atoms with van der Waals surface area (Å²) >= 11 is 0. The molecule has 2 atom stereocenters. The van der Waals surface area contributed by atoms with Crippen LogP contribution in [0.25, 0.3) is 0 Å². The number of carboxylic acid groups (broad SMARTS) is 1. The van der Waals surface area contributed by atoms with Crippen LogP contribution >= 0.6 is 0 Å². The lowest BCUT2D eigenvalue weighted by Gasteiger charge is -2.25. The van der Waals surface area contributed by atoms with Crippen molar-refractivity contribution in [1.82, 2.24) is 9.80 Å². The first-order chi connectivity index (χ1) is 15.0. The zero-order valence-corrected chi connectivity index (χ0v) is 17.0. The molecule has 0 saturated carbocycles. The average molecular weight is 428 g/mol. The van der Waals surface area contributed by atoms with Gasteiger partial charge in [0.05, 0.1) is 13.2 Å². The van der Waals surface area contributed by atoms with E-state index in [0.717, 1.165) is 11.1 Å². The van der Waals surface area contributed by atoms with Crippen molar-refractivity contribution in [3.63, 3.8) is 0 Å². The Morgan fingerprint density at radius 2 is 1.45 bits per heavy atom. The van der Waals surface area contributed by atoms with Crippen LogP contribution in [0.4, 0.5) is 9.59 Å². The van der Waals surface area contributed by atoms with E-state index in [1.54, 1.807) is 24.3 Å². The smallest absolute Gasteiger partial charge is 0.462 e. The highest BCUT2D eigenvalue weighted by Gasteiger charge is 2.52. The van der Waals surface area contributed by atoms with Crippen LogP contribution in [-0.2, 0) is 32.1 Å². The first kappa shape index (κ1) is 22.1. The van der Waals surface area contributed by atoms with Crippen molar-refractivity contribution in [1.29, 1.82) is 0 Å². The summed E-state index contributed by atoms with van der Waals surface area (Å²) in [5, 5.41) is 9.28. The molecule has 31 heavy (non-hydrogen) atoms. The number of hydrogen-bond donors (Lipinski definition) is 1. The van der Waals surface area contributed by atoms with Crippen molar-refractivity contribution < 1.29 is 33.7 Å². The number of hydrogen-bond acceptors (Lipinski definition) is 6. The second-order valence-corrected chi connectivity index (χ2v) is 6.89. The molecular formula is C22H24N2O7. The van der Waals surface area contributed by atoms with Gasteiger partial charge < -0.3 is 24.2 Å². The molecule has 9 nitrogen and oxygen atoms in total. The third-order valence-electron chi connectivity index (χ3n) is 4.79. The largest absolute Gasteiger partial charge is 0.507 e. The normalized spacial score (nSPS) is 18.2. The minimum atomic E-state index is -1.59. The molecule has 9 heteroatoms. The highest BCUT2D eigenvalue weighted by molar-refractivity contribution is 5.88. The van der Waals surface area contributed by atoms with Crippen molar-refractivity contribution in [2.24, 2.45) is 0 Å². The number of carbonyl (C=O) groups is 3. The van der Waals surface area contributed by atoms with Crippen LogP contribution in [0.3, 0.4) is 0 Å². The number of ether oxygens (including phenoxy) is 3. The Kier molecular flexibility index (Phi) is 7.45. The monoisotopic (exact) mass is 428 g/mol. The van der Waals surface area contributed by atoms with E-state index in [1.807, 2.05) is 36.4 Å². The Morgan fingerprint density at radius 3 is 1.97 bits per heavy atom. The molecule has 3 rings (SSSR count). The molecule has 1 heterocycles. The number of nitrogens with zero attached hydrogens (tertiary/aromatic N) is 2. The molecule has 0 spiro atoms. The van der Waals surface area contributed by atoms with Crippen molar-refractivity contribution in [3.05, 3.63) is 71.8 Å². The highest BCUT2D eigenvalue weighted by Crippen LogP contribution is 2.29. The Morgan fingerprint density at radius 1 is 0.903 bits per heavy atom. The maximum atomic E-state index is 13.3. The molecule has 1 aliphatic heterocycles. The molecule has 0 radical (unpaired) electrons. The molecule has 2 amide bonds. The van der Waals surface area contributed by atoms with E-state index < -0.39 is 30.4 Å². The van der Waals surface area contributed by atoms with Gasteiger partial charge in [-0.2, -0.15) is 0 Å². The van der Waals surface area contributed by atoms with Crippen LogP contribution < -0.4 is 0 Å².